The number of pyridine rings is 1. The summed E-state index contributed by atoms with van der Waals surface area (Å²) in [6, 6.07) is 5.91. The molecule has 2 aliphatic heterocycles. The van der Waals surface area contributed by atoms with E-state index in [4.69, 9.17) is 16.6 Å². The summed E-state index contributed by atoms with van der Waals surface area (Å²) in [5.41, 5.74) is 1.33. The molecule has 9 nitrogen and oxygen atoms in total. The summed E-state index contributed by atoms with van der Waals surface area (Å²) < 4.78 is 2.04. The van der Waals surface area contributed by atoms with Gasteiger partial charge in [-0.2, -0.15) is 4.98 Å². The fourth-order valence-electron chi connectivity index (χ4n) is 4.88. The zero-order chi connectivity index (χ0) is 24.7. The lowest BCUT2D eigenvalue weighted by atomic mass is 9.93. The molecule has 35 heavy (non-hydrogen) atoms. The number of aromatic nitrogens is 4. The van der Waals surface area contributed by atoms with E-state index in [1.165, 1.54) is 0 Å². The normalized spacial score (nSPS) is 18.0. The monoisotopic (exact) mass is 496 g/mol. The van der Waals surface area contributed by atoms with E-state index in [1.54, 1.807) is 6.20 Å². The number of halogens is 1. The van der Waals surface area contributed by atoms with Crippen molar-refractivity contribution in [1.29, 1.82) is 0 Å². The molecule has 3 aromatic rings. The molecule has 2 saturated heterocycles. The van der Waals surface area contributed by atoms with Gasteiger partial charge in [0.2, 0.25) is 11.9 Å². The zero-order valence-electron chi connectivity index (χ0n) is 20.9. The van der Waals surface area contributed by atoms with Crippen LogP contribution in [0.4, 0.5) is 11.8 Å². The summed E-state index contributed by atoms with van der Waals surface area (Å²) in [5, 5.41) is 0.519. The highest BCUT2D eigenvalue weighted by atomic mass is 35.5. The van der Waals surface area contributed by atoms with Crippen molar-refractivity contribution in [3.8, 4) is 0 Å². The third-order valence-electron chi connectivity index (χ3n) is 7.46. The standard InChI is InChI=1S/C25H33ClN8O/c1-25(2,20-15-27-21-8-5-6-11-34(20)21)31(4)23(35)18-16-33(17-18)22-19(26)14-28-24(29-22)32-10-7-9-30(3)12-13-32/h5-6,8,11,14-15,18H,7,9-10,12-13,16-17H2,1-4H3. The Balaban J connectivity index is 1.27. The van der Waals surface area contributed by atoms with E-state index >= 15 is 0 Å². The Labute approximate surface area is 211 Å². The molecule has 5 rings (SSSR count). The number of likely N-dealkylation sites (N-methyl/N-ethyl adjacent to an activating group) is 1. The van der Waals surface area contributed by atoms with E-state index in [-0.39, 0.29) is 11.8 Å². The van der Waals surface area contributed by atoms with E-state index in [2.05, 4.69) is 45.6 Å². The van der Waals surface area contributed by atoms with Gasteiger partial charge < -0.3 is 24.0 Å². The molecule has 0 aliphatic carbocycles. The molecular formula is C25H33ClN8O. The van der Waals surface area contributed by atoms with Gasteiger partial charge in [0.1, 0.15) is 10.7 Å². The number of carbonyl (C=O) groups excluding carboxylic acids is 1. The van der Waals surface area contributed by atoms with E-state index in [0.29, 0.717) is 29.9 Å². The molecule has 0 saturated carbocycles. The smallest absolute Gasteiger partial charge is 0.229 e. The first-order chi connectivity index (χ1) is 16.8. The molecule has 0 spiro atoms. The summed E-state index contributed by atoms with van der Waals surface area (Å²) in [7, 11) is 4.02. The van der Waals surface area contributed by atoms with Crippen molar-refractivity contribution in [3.63, 3.8) is 0 Å². The molecule has 0 aromatic carbocycles. The molecular weight excluding hydrogens is 464 g/mol. The van der Waals surface area contributed by atoms with Gasteiger partial charge in [0, 0.05) is 46.0 Å². The summed E-state index contributed by atoms with van der Waals surface area (Å²) in [6.45, 7) is 9.17. The van der Waals surface area contributed by atoms with Crippen LogP contribution < -0.4 is 9.80 Å². The van der Waals surface area contributed by atoms with Crippen LogP contribution in [-0.4, -0.2) is 88.4 Å². The van der Waals surface area contributed by atoms with Crippen LogP contribution in [0.1, 0.15) is 26.0 Å². The van der Waals surface area contributed by atoms with Gasteiger partial charge in [0.15, 0.2) is 5.82 Å². The number of nitrogens with zero attached hydrogens (tertiary/aromatic N) is 8. The number of hydrogen-bond acceptors (Lipinski definition) is 7. The summed E-state index contributed by atoms with van der Waals surface area (Å²) >= 11 is 6.49. The largest absolute Gasteiger partial charge is 0.353 e. The van der Waals surface area contributed by atoms with Crippen molar-refractivity contribution in [2.24, 2.45) is 5.92 Å². The Morgan fingerprint density at radius 3 is 2.69 bits per heavy atom. The second-order valence-electron chi connectivity index (χ2n) is 10.1. The van der Waals surface area contributed by atoms with Gasteiger partial charge >= 0.3 is 0 Å². The van der Waals surface area contributed by atoms with E-state index < -0.39 is 5.54 Å². The first-order valence-corrected chi connectivity index (χ1v) is 12.5. The maximum Gasteiger partial charge on any atom is 0.229 e. The molecule has 0 unspecified atom stereocenters. The second kappa shape index (κ2) is 9.28. The fourth-order valence-corrected chi connectivity index (χ4v) is 5.09. The van der Waals surface area contributed by atoms with E-state index in [9.17, 15) is 4.79 Å². The van der Waals surface area contributed by atoms with Crippen LogP contribution in [0.3, 0.4) is 0 Å². The minimum absolute atomic E-state index is 0.109. The highest BCUT2D eigenvalue weighted by Gasteiger charge is 2.41. The van der Waals surface area contributed by atoms with Crippen molar-refractivity contribution < 1.29 is 4.79 Å². The summed E-state index contributed by atoms with van der Waals surface area (Å²) in [6.07, 6.45) is 6.60. The molecule has 5 heterocycles. The van der Waals surface area contributed by atoms with Crippen molar-refractivity contribution in [2.45, 2.75) is 25.8 Å². The molecule has 10 heteroatoms. The second-order valence-corrected chi connectivity index (χ2v) is 10.5. The van der Waals surface area contributed by atoms with Crippen LogP contribution in [0.15, 0.2) is 36.8 Å². The SMILES string of the molecule is CN1CCCN(c2ncc(Cl)c(N3CC(C(=O)N(C)C(C)(C)c4cnc5ccccn45)C3)n2)CC1. The van der Waals surface area contributed by atoms with Crippen LogP contribution in [0, 0.1) is 5.92 Å². The molecule has 1 amide bonds. The molecule has 0 N–H and O–H groups in total. The molecule has 0 radical (unpaired) electrons. The predicted molar refractivity (Wildman–Crippen MR) is 138 cm³/mol. The zero-order valence-corrected chi connectivity index (χ0v) is 21.6. The van der Waals surface area contributed by atoms with Gasteiger partial charge in [-0.15, -0.1) is 0 Å². The maximum atomic E-state index is 13.4. The van der Waals surface area contributed by atoms with Crippen molar-refractivity contribution in [2.75, 3.05) is 63.2 Å². The van der Waals surface area contributed by atoms with Crippen molar-refractivity contribution in [1.82, 2.24) is 29.2 Å². The van der Waals surface area contributed by atoms with Gasteiger partial charge in [0.25, 0.3) is 0 Å². The average molecular weight is 497 g/mol. The Hall–Kier alpha value is -2.91. The molecule has 3 aromatic heterocycles. The van der Waals surface area contributed by atoms with Gasteiger partial charge in [-0.25, -0.2) is 9.97 Å². The lowest BCUT2D eigenvalue weighted by Crippen LogP contribution is -2.57. The fraction of sp³-hybridized carbons (Fsp3) is 0.520. The van der Waals surface area contributed by atoms with Crippen LogP contribution >= 0.6 is 11.6 Å². The summed E-state index contributed by atoms with van der Waals surface area (Å²) in [5.74, 6) is 1.42. The average Bonchev–Trinajstić information content (AvgIpc) is 3.14. The quantitative estimate of drug-likeness (QED) is 0.537. The van der Waals surface area contributed by atoms with Gasteiger partial charge in [-0.3, -0.25) is 4.79 Å². The number of imidazole rings is 1. The number of anilines is 2. The van der Waals surface area contributed by atoms with Gasteiger partial charge in [0.05, 0.1) is 29.5 Å². The minimum atomic E-state index is -0.516. The topological polar surface area (TPSA) is 73.1 Å². The van der Waals surface area contributed by atoms with Gasteiger partial charge in [-0.1, -0.05) is 17.7 Å². The van der Waals surface area contributed by atoms with Crippen LogP contribution in [0.2, 0.25) is 5.02 Å². The van der Waals surface area contributed by atoms with Crippen LogP contribution in [-0.2, 0) is 10.3 Å². The maximum absolute atomic E-state index is 13.4. The predicted octanol–water partition coefficient (Wildman–Crippen LogP) is 2.75. The Morgan fingerprint density at radius 1 is 1.09 bits per heavy atom. The number of rotatable bonds is 5. The lowest BCUT2D eigenvalue weighted by Gasteiger charge is -2.44. The van der Waals surface area contributed by atoms with E-state index in [0.717, 1.165) is 43.9 Å². The molecule has 0 bridgehead atoms. The molecule has 186 valence electrons. The highest BCUT2D eigenvalue weighted by Crippen LogP contribution is 2.34. The Kier molecular flexibility index (Phi) is 6.31. The highest BCUT2D eigenvalue weighted by molar-refractivity contribution is 6.32. The number of amides is 1. The number of fused-ring (bicyclic) bond motifs is 1. The third-order valence-corrected chi connectivity index (χ3v) is 7.73. The summed E-state index contributed by atoms with van der Waals surface area (Å²) in [4.78, 5) is 35.7. The van der Waals surface area contributed by atoms with Crippen LogP contribution in [0.25, 0.3) is 5.65 Å². The molecule has 2 aliphatic rings. The third kappa shape index (κ3) is 4.43. The lowest BCUT2D eigenvalue weighted by molar-refractivity contribution is -0.140. The first-order valence-electron chi connectivity index (χ1n) is 12.2. The Morgan fingerprint density at radius 2 is 1.89 bits per heavy atom. The van der Waals surface area contributed by atoms with Crippen LogP contribution in [0.5, 0.6) is 0 Å². The Bertz CT molecular complexity index is 1220. The van der Waals surface area contributed by atoms with Crippen molar-refractivity contribution >= 4 is 34.9 Å². The van der Waals surface area contributed by atoms with Crippen molar-refractivity contribution in [3.05, 3.63) is 47.5 Å². The van der Waals surface area contributed by atoms with Gasteiger partial charge in [-0.05, 0) is 46.0 Å². The molecule has 2 fully saturated rings. The number of hydrogen-bond donors (Lipinski definition) is 0. The first kappa shape index (κ1) is 23.8. The minimum Gasteiger partial charge on any atom is -0.353 e. The molecule has 0 atom stereocenters. The number of carbonyl (C=O) groups is 1. The van der Waals surface area contributed by atoms with E-state index in [1.807, 2.05) is 46.9 Å².